The number of nitrogens with zero attached hydrogens (tertiary/aromatic N) is 2. The van der Waals surface area contributed by atoms with Gasteiger partial charge in [-0.25, -0.2) is 0 Å². The first-order valence-corrected chi connectivity index (χ1v) is 8.06. The third kappa shape index (κ3) is 5.41. The van der Waals surface area contributed by atoms with Crippen molar-refractivity contribution >= 4 is 0 Å². The summed E-state index contributed by atoms with van der Waals surface area (Å²) in [7, 11) is 4.35. The van der Waals surface area contributed by atoms with Crippen LogP contribution in [-0.4, -0.2) is 62.2 Å². The molecule has 1 aliphatic rings. The molecule has 0 aromatic carbocycles. The Morgan fingerprint density at radius 3 is 2.26 bits per heavy atom. The minimum absolute atomic E-state index is 0.665. The SMILES string of the molecule is CCN(C(C)CN(C)C)C1CCC1CNCC(C)C. The molecule has 3 atom stereocenters. The maximum Gasteiger partial charge on any atom is 0.0197 e. The summed E-state index contributed by atoms with van der Waals surface area (Å²) in [6.45, 7) is 13.9. The Morgan fingerprint density at radius 1 is 1.16 bits per heavy atom. The highest BCUT2D eigenvalue weighted by Crippen LogP contribution is 2.32. The molecule has 3 unspecified atom stereocenters. The normalized spacial score (nSPS) is 25.1. The lowest BCUT2D eigenvalue weighted by atomic mass is 9.77. The molecule has 0 aromatic heterocycles. The van der Waals surface area contributed by atoms with Gasteiger partial charge in [0.2, 0.25) is 0 Å². The van der Waals surface area contributed by atoms with Crippen LogP contribution < -0.4 is 5.32 Å². The Labute approximate surface area is 120 Å². The van der Waals surface area contributed by atoms with Gasteiger partial charge in [-0.05, 0) is 65.3 Å². The van der Waals surface area contributed by atoms with Crippen molar-refractivity contribution < 1.29 is 0 Å². The lowest BCUT2D eigenvalue weighted by Gasteiger charge is -2.47. The molecule has 0 aliphatic heterocycles. The van der Waals surface area contributed by atoms with E-state index in [0.29, 0.717) is 6.04 Å². The Bertz CT molecular complexity index is 240. The van der Waals surface area contributed by atoms with Gasteiger partial charge in [-0.1, -0.05) is 20.8 Å². The van der Waals surface area contributed by atoms with Gasteiger partial charge in [0.1, 0.15) is 0 Å². The van der Waals surface area contributed by atoms with Gasteiger partial charge in [-0.2, -0.15) is 0 Å². The predicted octanol–water partition coefficient (Wildman–Crippen LogP) is 2.28. The molecule has 0 bridgehead atoms. The third-order valence-corrected chi connectivity index (χ3v) is 4.32. The van der Waals surface area contributed by atoms with Crippen molar-refractivity contribution in [3.8, 4) is 0 Å². The summed E-state index contributed by atoms with van der Waals surface area (Å²) in [4.78, 5) is 5.02. The van der Waals surface area contributed by atoms with Crippen LogP contribution in [0.25, 0.3) is 0 Å². The molecule has 3 heteroatoms. The zero-order chi connectivity index (χ0) is 14.4. The Morgan fingerprint density at radius 2 is 1.84 bits per heavy atom. The molecule has 1 fully saturated rings. The van der Waals surface area contributed by atoms with E-state index < -0.39 is 0 Å². The smallest absolute Gasteiger partial charge is 0.0197 e. The number of hydrogen-bond donors (Lipinski definition) is 1. The van der Waals surface area contributed by atoms with Gasteiger partial charge < -0.3 is 10.2 Å². The van der Waals surface area contributed by atoms with Crippen molar-refractivity contribution in [1.29, 1.82) is 0 Å². The largest absolute Gasteiger partial charge is 0.316 e. The second-order valence-corrected chi connectivity index (χ2v) is 6.90. The van der Waals surface area contributed by atoms with Crippen LogP contribution in [0.2, 0.25) is 0 Å². The quantitative estimate of drug-likeness (QED) is 0.693. The summed E-state index contributed by atoms with van der Waals surface area (Å²) in [6.07, 6.45) is 2.79. The van der Waals surface area contributed by atoms with Crippen LogP contribution in [0.5, 0.6) is 0 Å². The third-order valence-electron chi connectivity index (χ3n) is 4.32. The Kier molecular flexibility index (Phi) is 7.33. The highest BCUT2D eigenvalue weighted by molar-refractivity contribution is 4.92. The first kappa shape index (κ1) is 16.9. The van der Waals surface area contributed by atoms with E-state index in [1.165, 1.54) is 25.9 Å². The van der Waals surface area contributed by atoms with Gasteiger partial charge in [-0.15, -0.1) is 0 Å². The van der Waals surface area contributed by atoms with Gasteiger partial charge in [0.05, 0.1) is 0 Å². The fourth-order valence-electron chi connectivity index (χ4n) is 3.29. The average Bonchev–Trinajstić information content (AvgIpc) is 2.28. The first-order valence-electron chi connectivity index (χ1n) is 8.06. The minimum atomic E-state index is 0.665. The second-order valence-electron chi connectivity index (χ2n) is 6.90. The second kappa shape index (κ2) is 8.23. The van der Waals surface area contributed by atoms with E-state index in [0.717, 1.165) is 31.0 Å². The van der Waals surface area contributed by atoms with Crippen LogP contribution in [-0.2, 0) is 0 Å². The van der Waals surface area contributed by atoms with Crippen molar-refractivity contribution in [2.75, 3.05) is 40.3 Å². The number of rotatable bonds is 9. The van der Waals surface area contributed by atoms with Crippen molar-refractivity contribution in [3.63, 3.8) is 0 Å². The van der Waals surface area contributed by atoms with Crippen LogP contribution in [0.4, 0.5) is 0 Å². The van der Waals surface area contributed by atoms with Crippen molar-refractivity contribution in [2.24, 2.45) is 11.8 Å². The van der Waals surface area contributed by atoms with Gasteiger partial charge in [0, 0.05) is 18.6 Å². The maximum absolute atomic E-state index is 3.64. The van der Waals surface area contributed by atoms with Crippen LogP contribution in [0.15, 0.2) is 0 Å². The van der Waals surface area contributed by atoms with Crippen LogP contribution in [0.3, 0.4) is 0 Å². The Balaban J connectivity index is 2.39. The van der Waals surface area contributed by atoms with Crippen molar-refractivity contribution in [2.45, 2.75) is 52.6 Å². The molecular weight excluding hydrogens is 234 g/mol. The molecule has 19 heavy (non-hydrogen) atoms. The van der Waals surface area contributed by atoms with E-state index in [1.54, 1.807) is 0 Å². The topological polar surface area (TPSA) is 18.5 Å². The number of likely N-dealkylation sites (N-methyl/N-ethyl adjacent to an activating group) is 2. The molecule has 0 amide bonds. The van der Waals surface area contributed by atoms with E-state index in [2.05, 4.69) is 56.9 Å². The summed E-state index contributed by atoms with van der Waals surface area (Å²) in [6, 6.07) is 1.47. The summed E-state index contributed by atoms with van der Waals surface area (Å²) < 4.78 is 0. The zero-order valence-electron chi connectivity index (χ0n) is 13.9. The first-order chi connectivity index (χ1) is 8.95. The van der Waals surface area contributed by atoms with Crippen LogP contribution in [0, 0.1) is 11.8 Å². The number of hydrogen-bond acceptors (Lipinski definition) is 3. The van der Waals surface area contributed by atoms with E-state index in [1.807, 2.05) is 0 Å². The lowest BCUT2D eigenvalue weighted by Crippen LogP contribution is -2.55. The van der Waals surface area contributed by atoms with Gasteiger partial charge >= 0.3 is 0 Å². The molecule has 0 heterocycles. The Hall–Kier alpha value is -0.120. The van der Waals surface area contributed by atoms with E-state index in [4.69, 9.17) is 0 Å². The monoisotopic (exact) mass is 269 g/mol. The lowest BCUT2D eigenvalue weighted by molar-refractivity contribution is 0.0286. The number of nitrogens with one attached hydrogen (secondary N) is 1. The van der Waals surface area contributed by atoms with Crippen LogP contribution >= 0.6 is 0 Å². The molecule has 3 nitrogen and oxygen atoms in total. The van der Waals surface area contributed by atoms with Crippen molar-refractivity contribution in [1.82, 2.24) is 15.1 Å². The maximum atomic E-state index is 3.64. The fourth-order valence-corrected chi connectivity index (χ4v) is 3.29. The summed E-state index contributed by atoms with van der Waals surface area (Å²) in [5.41, 5.74) is 0. The molecular formula is C16H35N3. The molecule has 0 radical (unpaired) electrons. The average molecular weight is 269 g/mol. The van der Waals surface area contributed by atoms with Gasteiger partial charge in [0.25, 0.3) is 0 Å². The highest BCUT2D eigenvalue weighted by Gasteiger charge is 2.36. The fraction of sp³-hybridized carbons (Fsp3) is 1.00. The van der Waals surface area contributed by atoms with Crippen molar-refractivity contribution in [3.05, 3.63) is 0 Å². The highest BCUT2D eigenvalue weighted by atomic mass is 15.2. The molecule has 0 saturated heterocycles. The van der Waals surface area contributed by atoms with E-state index >= 15 is 0 Å². The predicted molar refractivity (Wildman–Crippen MR) is 84.6 cm³/mol. The molecule has 1 saturated carbocycles. The molecule has 1 rings (SSSR count). The molecule has 1 N–H and O–H groups in total. The standard InChI is InChI=1S/C16H35N3/c1-7-19(14(4)12-18(5)6)16-9-8-15(16)11-17-10-13(2)3/h13-17H,7-12H2,1-6H3. The summed E-state index contributed by atoms with van der Waals surface area (Å²) in [5.74, 6) is 1.62. The summed E-state index contributed by atoms with van der Waals surface area (Å²) in [5, 5.41) is 3.64. The van der Waals surface area contributed by atoms with E-state index in [-0.39, 0.29) is 0 Å². The molecule has 114 valence electrons. The zero-order valence-corrected chi connectivity index (χ0v) is 13.9. The van der Waals surface area contributed by atoms with Gasteiger partial charge in [-0.3, -0.25) is 4.90 Å². The minimum Gasteiger partial charge on any atom is -0.316 e. The molecule has 0 spiro atoms. The van der Waals surface area contributed by atoms with E-state index in [9.17, 15) is 0 Å². The molecule has 0 aromatic rings. The molecule has 1 aliphatic carbocycles. The summed E-state index contributed by atoms with van der Waals surface area (Å²) >= 11 is 0. The van der Waals surface area contributed by atoms with Crippen LogP contribution in [0.1, 0.15) is 40.5 Å². The van der Waals surface area contributed by atoms with Gasteiger partial charge in [0.15, 0.2) is 0 Å².